The van der Waals surface area contributed by atoms with E-state index in [0.29, 0.717) is 0 Å². The first-order valence-electron chi connectivity index (χ1n) is 8.50. The topological polar surface area (TPSA) is 43.9 Å². The molecule has 1 aromatic rings. The van der Waals surface area contributed by atoms with Crippen molar-refractivity contribution in [3.63, 3.8) is 0 Å². The van der Waals surface area contributed by atoms with Crippen LogP contribution in [0.2, 0.25) is 0 Å². The van der Waals surface area contributed by atoms with Gasteiger partial charge in [0.15, 0.2) is 0 Å². The number of para-hydroxylation sites is 1. The summed E-state index contributed by atoms with van der Waals surface area (Å²) in [5.74, 6) is -0.118. The molecule has 2 amide bonds. The van der Waals surface area contributed by atoms with Gasteiger partial charge in [-0.15, -0.1) is 0 Å². The molecular formula is C18H25N3O2. The van der Waals surface area contributed by atoms with Crippen LogP contribution in [0.1, 0.15) is 25.8 Å². The van der Waals surface area contributed by atoms with Crippen molar-refractivity contribution in [2.45, 2.75) is 32.7 Å². The van der Waals surface area contributed by atoms with Gasteiger partial charge in [0.1, 0.15) is 6.42 Å². The molecule has 0 saturated carbocycles. The molecule has 1 saturated heterocycles. The third-order valence-corrected chi connectivity index (χ3v) is 4.95. The van der Waals surface area contributed by atoms with E-state index in [0.717, 1.165) is 44.8 Å². The number of anilines is 1. The molecule has 23 heavy (non-hydrogen) atoms. The maximum atomic E-state index is 12.7. The predicted molar refractivity (Wildman–Crippen MR) is 90.4 cm³/mol. The molecule has 1 fully saturated rings. The summed E-state index contributed by atoms with van der Waals surface area (Å²) >= 11 is 0. The molecule has 2 heterocycles. The van der Waals surface area contributed by atoms with E-state index >= 15 is 0 Å². The maximum Gasteiger partial charge on any atom is 0.236 e. The number of fused-ring (bicyclic) bond motifs is 1. The fourth-order valence-electron chi connectivity index (χ4n) is 3.59. The van der Waals surface area contributed by atoms with E-state index in [9.17, 15) is 9.59 Å². The fourth-order valence-corrected chi connectivity index (χ4v) is 3.59. The summed E-state index contributed by atoms with van der Waals surface area (Å²) in [5, 5.41) is 0. The van der Waals surface area contributed by atoms with Crippen molar-refractivity contribution in [2.75, 3.05) is 37.6 Å². The first-order valence-corrected chi connectivity index (χ1v) is 8.50. The highest BCUT2D eigenvalue weighted by Crippen LogP contribution is 2.32. The van der Waals surface area contributed by atoms with Crippen LogP contribution in [0.4, 0.5) is 5.69 Å². The Kier molecular flexibility index (Phi) is 4.66. The summed E-state index contributed by atoms with van der Waals surface area (Å²) in [6, 6.07) is 8.11. The summed E-state index contributed by atoms with van der Waals surface area (Å²) in [7, 11) is 0. The van der Waals surface area contributed by atoms with Crippen LogP contribution in [0.5, 0.6) is 0 Å². The second-order valence-corrected chi connectivity index (χ2v) is 6.44. The Morgan fingerprint density at radius 2 is 1.78 bits per heavy atom. The number of carbonyl (C=O) groups excluding carboxylic acids is 2. The molecule has 0 radical (unpaired) electrons. The summed E-state index contributed by atoms with van der Waals surface area (Å²) in [5.41, 5.74) is 2.16. The lowest BCUT2D eigenvalue weighted by molar-refractivity contribution is -0.136. The van der Waals surface area contributed by atoms with Crippen LogP contribution in [-0.2, 0) is 16.0 Å². The number of nitrogens with zero attached hydrogens (tertiary/aromatic N) is 3. The van der Waals surface area contributed by atoms with Crippen molar-refractivity contribution in [1.29, 1.82) is 0 Å². The molecule has 0 bridgehead atoms. The number of hydrogen-bond acceptors (Lipinski definition) is 3. The summed E-state index contributed by atoms with van der Waals surface area (Å²) < 4.78 is 0. The van der Waals surface area contributed by atoms with E-state index in [2.05, 4.69) is 17.9 Å². The van der Waals surface area contributed by atoms with Gasteiger partial charge in [0.2, 0.25) is 11.8 Å². The Balaban J connectivity index is 1.62. The van der Waals surface area contributed by atoms with Crippen LogP contribution in [0.3, 0.4) is 0 Å². The van der Waals surface area contributed by atoms with Gasteiger partial charge in [0.05, 0.1) is 0 Å². The van der Waals surface area contributed by atoms with Crippen LogP contribution >= 0.6 is 0 Å². The number of carbonyl (C=O) groups is 2. The van der Waals surface area contributed by atoms with E-state index < -0.39 is 0 Å². The average molecular weight is 315 g/mol. The van der Waals surface area contributed by atoms with Crippen LogP contribution in [0.25, 0.3) is 0 Å². The zero-order chi connectivity index (χ0) is 16.4. The molecule has 3 rings (SSSR count). The Morgan fingerprint density at radius 3 is 2.48 bits per heavy atom. The lowest BCUT2D eigenvalue weighted by Crippen LogP contribution is -2.49. The fraction of sp³-hybridized carbons (Fsp3) is 0.556. The predicted octanol–water partition coefficient (Wildman–Crippen LogP) is 1.52. The molecule has 1 aromatic carbocycles. The van der Waals surface area contributed by atoms with E-state index in [1.807, 2.05) is 30.0 Å². The van der Waals surface area contributed by atoms with Crippen molar-refractivity contribution in [3.05, 3.63) is 29.8 Å². The van der Waals surface area contributed by atoms with Gasteiger partial charge in [0.25, 0.3) is 0 Å². The molecule has 2 aliphatic rings. The van der Waals surface area contributed by atoms with Crippen LogP contribution in [0, 0.1) is 0 Å². The van der Waals surface area contributed by atoms with Gasteiger partial charge in [-0.3, -0.25) is 9.59 Å². The minimum atomic E-state index is -0.0784. The van der Waals surface area contributed by atoms with E-state index in [-0.39, 0.29) is 24.3 Å². The van der Waals surface area contributed by atoms with Gasteiger partial charge in [0, 0.05) is 37.9 Å². The standard InChI is InChI=1S/C18H25N3O2/c1-3-19-8-10-20(11-9-19)17(22)13-18(23)21-14(2)12-15-6-4-5-7-16(15)21/h4-7,14H,3,8-13H2,1-2H3. The molecule has 0 N–H and O–H groups in total. The van der Waals surface area contributed by atoms with Crippen molar-refractivity contribution >= 4 is 17.5 Å². The normalized spacial score (nSPS) is 21.4. The van der Waals surface area contributed by atoms with Crippen molar-refractivity contribution in [3.8, 4) is 0 Å². The van der Waals surface area contributed by atoms with Gasteiger partial charge in [-0.05, 0) is 31.5 Å². The first kappa shape index (κ1) is 16.0. The van der Waals surface area contributed by atoms with E-state index in [4.69, 9.17) is 0 Å². The molecule has 1 atom stereocenters. The van der Waals surface area contributed by atoms with Gasteiger partial charge in [-0.25, -0.2) is 0 Å². The second kappa shape index (κ2) is 6.71. The monoisotopic (exact) mass is 315 g/mol. The highest BCUT2D eigenvalue weighted by Gasteiger charge is 2.32. The molecule has 5 heteroatoms. The smallest absolute Gasteiger partial charge is 0.236 e. The number of benzene rings is 1. The minimum absolute atomic E-state index is 0.0230. The molecular weight excluding hydrogens is 290 g/mol. The highest BCUT2D eigenvalue weighted by atomic mass is 16.2. The zero-order valence-corrected chi connectivity index (χ0v) is 14.0. The molecule has 1 unspecified atom stereocenters. The third kappa shape index (κ3) is 3.24. The SMILES string of the molecule is CCN1CCN(C(=O)CC(=O)N2c3ccccc3CC2C)CC1. The molecule has 0 aliphatic carbocycles. The van der Waals surface area contributed by atoms with Gasteiger partial charge >= 0.3 is 0 Å². The molecule has 0 spiro atoms. The Labute approximate surface area is 137 Å². The number of likely N-dealkylation sites (N-methyl/N-ethyl adjacent to an activating group) is 1. The van der Waals surface area contributed by atoms with E-state index in [1.165, 1.54) is 5.56 Å². The Bertz CT molecular complexity index is 594. The molecule has 124 valence electrons. The molecule has 5 nitrogen and oxygen atoms in total. The highest BCUT2D eigenvalue weighted by molar-refractivity contribution is 6.06. The van der Waals surface area contributed by atoms with Gasteiger partial charge in [-0.2, -0.15) is 0 Å². The lowest BCUT2D eigenvalue weighted by atomic mass is 10.1. The van der Waals surface area contributed by atoms with Crippen molar-refractivity contribution in [2.24, 2.45) is 0 Å². The third-order valence-electron chi connectivity index (χ3n) is 4.95. The van der Waals surface area contributed by atoms with E-state index in [1.54, 1.807) is 4.90 Å². The van der Waals surface area contributed by atoms with Gasteiger partial charge in [-0.1, -0.05) is 25.1 Å². The number of piperazine rings is 1. The maximum absolute atomic E-state index is 12.7. The van der Waals surface area contributed by atoms with Gasteiger partial charge < -0.3 is 14.7 Å². The average Bonchev–Trinajstić information content (AvgIpc) is 2.90. The van der Waals surface area contributed by atoms with Crippen molar-refractivity contribution < 1.29 is 9.59 Å². The van der Waals surface area contributed by atoms with Crippen molar-refractivity contribution in [1.82, 2.24) is 9.80 Å². The first-order chi connectivity index (χ1) is 11.1. The number of amides is 2. The van der Waals surface area contributed by atoms with Crippen LogP contribution in [-0.4, -0.2) is 60.4 Å². The molecule has 2 aliphatic heterocycles. The molecule has 0 aromatic heterocycles. The number of hydrogen-bond donors (Lipinski definition) is 0. The Hall–Kier alpha value is -1.88. The van der Waals surface area contributed by atoms with Crippen LogP contribution < -0.4 is 4.90 Å². The summed E-state index contributed by atoms with van der Waals surface area (Å²) in [6.07, 6.45) is 0.843. The zero-order valence-electron chi connectivity index (χ0n) is 14.0. The summed E-state index contributed by atoms with van der Waals surface area (Å²) in [6.45, 7) is 8.45. The minimum Gasteiger partial charge on any atom is -0.340 e. The largest absolute Gasteiger partial charge is 0.340 e. The second-order valence-electron chi connectivity index (χ2n) is 6.44. The quantitative estimate of drug-likeness (QED) is 0.794. The summed E-state index contributed by atoms with van der Waals surface area (Å²) in [4.78, 5) is 31.1. The number of rotatable bonds is 3. The Morgan fingerprint density at radius 1 is 1.09 bits per heavy atom. The van der Waals surface area contributed by atoms with Crippen LogP contribution in [0.15, 0.2) is 24.3 Å². The lowest BCUT2D eigenvalue weighted by Gasteiger charge is -2.34.